The van der Waals surface area contributed by atoms with Gasteiger partial charge in [0, 0.05) is 5.56 Å². The van der Waals surface area contributed by atoms with Crippen LogP contribution in [0.4, 0.5) is 0 Å². The Kier molecular flexibility index (Phi) is 4.92. The molecule has 0 aliphatic rings. The summed E-state index contributed by atoms with van der Waals surface area (Å²) in [6.07, 6.45) is 0.0342. The maximum absolute atomic E-state index is 10.8. The zero-order valence-corrected chi connectivity index (χ0v) is 13.2. The average Bonchev–Trinajstić information content (AvgIpc) is 2.61. The van der Waals surface area contributed by atoms with Crippen LogP contribution in [0.5, 0.6) is 5.75 Å². The SMILES string of the molecule is O=C(O)Cc1ccc(-c2ccccc2OCc2ccccc2)cc1. The molecule has 0 saturated heterocycles. The molecule has 3 rings (SSSR count). The molecule has 0 heterocycles. The predicted octanol–water partition coefficient (Wildman–Crippen LogP) is 4.56. The van der Waals surface area contributed by atoms with E-state index >= 15 is 0 Å². The number of carboxylic acids is 1. The van der Waals surface area contributed by atoms with E-state index in [0.29, 0.717) is 6.61 Å². The third-order valence-corrected chi connectivity index (χ3v) is 3.74. The highest BCUT2D eigenvalue weighted by atomic mass is 16.5. The Balaban J connectivity index is 1.79. The lowest BCUT2D eigenvalue weighted by Gasteiger charge is -2.12. The zero-order valence-electron chi connectivity index (χ0n) is 13.2. The molecule has 120 valence electrons. The molecule has 0 aliphatic carbocycles. The summed E-state index contributed by atoms with van der Waals surface area (Å²) in [5.41, 5.74) is 3.90. The van der Waals surface area contributed by atoms with E-state index in [1.165, 1.54) is 0 Å². The first kappa shape index (κ1) is 15.8. The van der Waals surface area contributed by atoms with Crippen LogP contribution in [-0.4, -0.2) is 11.1 Å². The Morgan fingerprint density at radius 3 is 2.17 bits per heavy atom. The van der Waals surface area contributed by atoms with Gasteiger partial charge in [0.25, 0.3) is 0 Å². The molecule has 0 unspecified atom stereocenters. The third kappa shape index (κ3) is 4.02. The molecule has 0 radical (unpaired) electrons. The number of benzene rings is 3. The summed E-state index contributed by atoms with van der Waals surface area (Å²) < 4.78 is 5.98. The van der Waals surface area contributed by atoms with Crippen molar-refractivity contribution in [3.05, 3.63) is 90.0 Å². The molecule has 0 aromatic heterocycles. The summed E-state index contributed by atoms with van der Waals surface area (Å²) in [6.45, 7) is 0.509. The van der Waals surface area contributed by atoms with Gasteiger partial charge in [-0.25, -0.2) is 0 Å². The number of rotatable bonds is 6. The van der Waals surface area contributed by atoms with Gasteiger partial charge in [0.2, 0.25) is 0 Å². The fourth-order valence-electron chi connectivity index (χ4n) is 2.54. The van der Waals surface area contributed by atoms with Crippen molar-refractivity contribution in [2.75, 3.05) is 0 Å². The largest absolute Gasteiger partial charge is 0.488 e. The van der Waals surface area contributed by atoms with Gasteiger partial charge < -0.3 is 9.84 Å². The van der Waals surface area contributed by atoms with Crippen LogP contribution in [-0.2, 0) is 17.8 Å². The highest BCUT2D eigenvalue weighted by molar-refractivity contribution is 5.73. The number of aliphatic carboxylic acids is 1. The lowest BCUT2D eigenvalue weighted by atomic mass is 10.0. The van der Waals surface area contributed by atoms with E-state index < -0.39 is 5.97 Å². The Bertz CT molecular complexity index is 808. The van der Waals surface area contributed by atoms with E-state index in [0.717, 1.165) is 28.0 Å². The zero-order chi connectivity index (χ0) is 16.8. The van der Waals surface area contributed by atoms with Gasteiger partial charge >= 0.3 is 5.97 Å². The predicted molar refractivity (Wildman–Crippen MR) is 94.0 cm³/mol. The molecule has 0 saturated carbocycles. The normalized spacial score (nSPS) is 10.3. The number of carbonyl (C=O) groups is 1. The van der Waals surface area contributed by atoms with E-state index in [1.54, 1.807) is 0 Å². The van der Waals surface area contributed by atoms with E-state index in [4.69, 9.17) is 9.84 Å². The second kappa shape index (κ2) is 7.47. The summed E-state index contributed by atoms with van der Waals surface area (Å²) in [4.78, 5) is 10.8. The van der Waals surface area contributed by atoms with E-state index in [1.807, 2.05) is 78.9 Å². The van der Waals surface area contributed by atoms with Crippen LogP contribution in [0.15, 0.2) is 78.9 Å². The van der Waals surface area contributed by atoms with Crippen LogP contribution < -0.4 is 4.74 Å². The first-order valence-corrected chi connectivity index (χ1v) is 7.79. The highest BCUT2D eigenvalue weighted by Gasteiger charge is 2.07. The van der Waals surface area contributed by atoms with E-state index in [9.17, 15) is 4.79 Å². The molecule has 3 nitrogen and oxygen atoms in total. The molecule has 0 fully saturated rings. The lowest BCUT2D eigenvalue weighted by Crippen LogP contribution is -1.99. The summed E-state index contributed by atoms with van der Waals surface area (Å²) in [5.74, 6) is -0.0123. The number of hydrogen-bond donors (Lipinski definition) is 1. The Labute approximate surface area is 141 Å². The van der Waals surface area contributed by atoms with Crippen LogP contribution in [0, 0.1) is 0 Å². The maximum atomic E-state index is 10.8. The molecule has 1 N–H and O–H groups in total. The molecule has 0 amide bonds. The van der Waals surface area contributed by atoms with Gasteiger partial charge in [0.05, 0.1) is 6.42 Å². The van der Waals surface area contributed by atoms with Crippen molar-refractivity contribution in [3.8, 4) is 16.9 Å². The summed E-state index contributed by atoms with van der Waals surface area (Å²) in [7, 11) is 0. The molecule has 0 aliphatic heterocycles. The summed E-state index contributed by atoms with van der Waals surface area (Å²) in [6, 6.07) is 25.5. The third-order valence-electron chi connectivity index (χ3n) is 3.74. The van der Waals surface area contributed by atoms with Crippen LogP contribution in [0.2, 0.25) is 0 Å². The van der Waals surface area contributed by atoms with Crippen molar-refractivity contribution in [2.24, 2.45) is 0 Å². The second-order valence-electron chi connectivity index (χ2n) is 5.54. The molecule has 3 aromatic carbocycles. The molecule has 0 atom stereocenters. The summed E-state index contributed by atoms with van der Waals surface area (Å²) >= 11 is 0. The van der Waals surface area contributed by atoms with Crippen molar-refractivity contribution >= 4 is 5.97 Å². The summed E-state index contributed by atoms with van der Waals surface area (Å²) in [5, 5.41) is 8.86. The molecule has 3 aromatic rings. The minimum atomic E-state index is -0.825. The van der Waals surface area contributed by atoms with Crippen molar-refractivity contribution < 1.29 is 14.6 Å². The van der Waals surface area contributed by atoms with E-state index in [2.05, 4.69) is 0 Å². The standard InChI is InChI=1S/C21H18O3/c22-21(23)14-16-10-12-18(13-11-16)19-8-4-5-9-20(19)24-15-17-6-2-1-3-7-17/h1-13H,14-15H2,(H,22,23). The Morgan fingerprint density at radius 1 is 0.792 bits per heavy atom. The Morgan fingerprint density at radius 2 is 1.46 bits per heavy atom. The van der Waals surface area contributed by atoms with Gasteiger partial charge in [-0.3, -0.25) is 4.79 Å². The van der Waals surface area contributed by atoms with Gasteiger partial charge in [-0.1, -0.05) is 72.8 Å². The molecule has 0 spiro atoms. The van der Waals surface area contributed by atoms with Crippen LogP contribution in [0.25, 0.3) is 11.1 Å². The van der Waals surface area contributed by atoms with Crippen LogP contribution >= 0.6 is 0 Å². The van der Waals surface area contributed by atoms with E-state index in [-0.39, 0.29) is 6.42 Å². The maximum Gasteiger partial charge on any atom is 0.307 e. The fourth-order valence-corrected chi connectivity index (χ4v) is 2.54. The minimum absolute atomic E-state index is 0.0342. The number of hydrogen-bond acceptors (Lipinski definition) is 2. The number of carboxylic acid groups (broad SMARTS) is 1. The molecule has 24 heavy (non-hydrogen) atoms. The second-order valence-corrected chi connectivity index (χ2v) is 5.54. The van der Waals surface area contributed by atoms with Gasteiger partial charge in [0.15, 0.2) is 0 Å². The molecular formula is C21H18O3. The Hall–Kier alpha value is -3.07. The molecule has 3 heteroatoms. The molecular weight excluding hydrogens is 300 g/mol. The first-order valence-electron chi connectivity index (χ1n) is 7.79. The first-order chi connectivity index (χ1) is 11.7. The monoisotopic (exact) mass is 318 g/mol. The van der Waals surface area contributed by atoms with Gasteiger partial charge in [-0.15, -0.1) is 0 Å². The van der Waals surface area contributed by atoms with Crippen LogP contribution in [0.1, 0.15) is 11.1 Å². The minimum Gasteiger partial charge on any atom is -0.488 e. The van der Waals surface area contributed by atoms with Crippen LogP contribution in [0.3, 0.4) is 0 Å². The molecule has 0 bridgehead atoms. The van der Waals surface area contributed by atoms with Crippen molar-refractivity contribution in [2.45, 2.75) is 13.0 Å². The highest BCUT2D eigenvalue weighted by Crippen LogP contribution is 2.30. The van der Waals surface area contributed by atoms with Gasteiger partial charge in [-0.2, -0.15) is 0 Å². The smallest absolute Gasteiger partial charge is 0.307 e. The quantitative estimate of drug-likeness (QED) is 0.725. The average molecular weight is 318 g/mol. The lowest BCUT2D eigenvalue weighted by molar-refractivity contribution is -0.136. The van der Waals surface area contributed by atoms with Crippen molar-refractivity contribution in [1.29, 1.82) is 0 Å². The van der Waals surface area contributed by atoms with Crippen molar-refractivity contribution in [1.82, 2.24) is 0 Å². The van der Waals surface area contributed by atoms with Gasteiger partial charge in [0.1, 0.15) is 12.4 Å². The van der Waals surface area contributed by atoms with Crippen molar-refractivity contribution in [3.63, 3.8) is 0 Å². The fraction of sp³-hybridized carbons (Fsp3) is 0.0952. The number of para-hydroxylation sites is 1. The topological polar surface area (TPSA) is 46.5 Å². The number of ether oxygens (including phenoxy) is 1. The van der Waals surface area contributed by atoms with Gasteiger partial charge in [-0.05, 0) is 22.8 Å².